The molecule has 0 saturated carbocycles. The molecule has 1 amide bonds. The van der Waals surface area contributed by atoms with Gasteiger partial charge < -0.3 is 16.2 Å². The number of carboxylic acids is 1. The van der Waals surface area contributed by atoms with Gasteiger partial charge in [0.05, 0.1) is 17.3 Å². The van der Waals surface area contributed by atoms with Gasteiger partial charge in [0.2, 0.25) is 5.91 Å². The molecule has 0 bridgehead atoms. The monoisotopic (exact) mass is 286 g/mol. The predicted octanol–water partition coefficient (Wildman–Crippen LogP) is 1.97. The SMILES string of the molecule is CCC(C)C(N)C(=O)Nc1cc(C(=O)O)c(F)cc1F. The van der Waals surface area contributed by atoms with Crippen LogP contribution in [0.3, 0.4) is 0 Å². The third-order valence-electron chi connectivity index (χ3n) is 3.10. The van der Waals surface area contributed by atoms with Crippen molar-refractivity contribution in [2.24, 2.45) is 11.7 Å². The van der Waals surface area contributed by atoms with Crippen molar-refractivity contribution in [2.75, 3.05) is 5.32 Å². The average molecular weight is 286 g/mol. The molecular formula is C13H16F2N2O3. The van der Waals surface area contributed by atoms with Crippen LogP contribution >= 0.6 is 0 Å². The zero-order valence-electron chi connectivity index (χ0n) is 11.1. The Morgan fingerprint density at radius 1 is 1.35 bits per heavy atom. The van der Waals surface area contributed by atoms with E-state index in [1.54, 1.807) is 6.92 Å². The molecule has 110 valence electrons. The van der Waals surface area contributed by atoms with Crippen LogP contribution in [0, 0.1) is 17.6 Å². The number of benzene rings is 1. The van der Waals surface area contributed by atoms with Crippen LogP contribution in [0.15, 0.2) is 12.1 Å². The van der Waals surface area contributed by atoms with Gasteiger partial charge in [0, 0.05) is 6.07 Å². The van der Waals surface area contributed by atoms with Gasteiger partial charge in [-0.3, -0.25) is 4.79 Å². The number of hydrogen-bond donors (Lipinski definition) is 3. The molecule has 1 aromatic carbocycles. The molecule has 5 nitrogen and oxygen atoms in total. The highest BCUT2D eigenvalue weighted by Gasteiger charge is 2.22. The van der Waals surface area contributed by atoms with Crippen molar-refractivity contribution in [2.45, 2.75) is 26.3 Å². The van der Waals surface area contributed by atoms with Crippen molar-refractivity contribution in [3.8, 4) is 0 Å². The van der Waals surface area contributed by atoms with Crippen LogP contribution in [0.5, 0.6) is 0 Å². The molecule has 20 heavy (non-hydrogen) atoms. The predicted molar refractivity (Wildman–Crippen MR) is 69.4 cm³/mol. The summed E-state index contributed by atoms with van der Waals surface area (Å²) >= 11 is 0. The quantitative estimate of drug-likeness (QED) is 0.771. The molecule has 0 aliphatic carbocycles. The smallest absolute Gasteiger partial charge is 0.338 e. The van der Waals surface area contributed by atoms with Crippen molar-refractivity contribution >= 4 is 17.6 Å². The van der Waals surface area contributed by atoms with E-state index in [4.69, 9.17) is 10.8 Å². The first-order valence-electron chi connectivity index (χ1n) is 6.06. The molecule has 2 atom stereocenters. The van der Waals surface area contributed by atoms with Gasteiger partial charge >= 0.3 is 5.97 Å². The fourth-order valence-electron chi connectivity index (χ4n) is 1.54. The Morgan fingerprint density at radius 3 is 2.45 bits per heavy atom. The van der Waals surface area contributed by atoms with Crippen LogP contribution in [0.2, 0.25) is 0 Å². The third-order valence-corrected chi connectivity index (χ3v) is 3.10. The van der Waals surface area contributed by atoms with Gasteiger partial charge in [-0.1, -0.05) is 20.3 Å². The number of halogens is 2. The molecule has 7 heteroatoms. The summed E-state index contributed by atoms with van der Waals surface area (Å²) in [6.07, 6.45) is 0.654. The van der Waals surface area contributed by atoms with Crippen LogP contribution in [0.4, 0.5) is 14.5 Å². The Morgan fingerprint density at radius 2 is 1.95 bits per heavy atom. The minimum Gasteiger partial charge on any atom is -0.478 e. The van der Waals surface area contributed by atoms with E-state index in [1.165, 1.54) is 0 Å². The van der Waals surface area contributed by atoms with Crippen LogP contribution in [0.1, 0.15) is 30.6 Å². The first kappa shape index (κ1) is 16.0. The maximum Gasteiger partial charge on any atom is 0.338 e. The number of nitrogens with one attached hydrogen (secondary N) is 1. The van der Waals surface area contributed by atoms with E-state index in [0.717, 1.165) is 6.07 Å². The minimum absolute atomic E-state index is 0.127. The first-order chi connectivity index (χ1) is 9.27. The van der Waals surface area contributed by atoms with E-state index in [0.29, 0.717) is 12.5 Å². The second kappa shape index (κ2) is 6.42. The second-order valence-corrected chi connectivity index (χ2v) is 4.52. The zero-order chi connectivity index (χ0) is 15.4. The van der Waals surface area contributed by atoms with Crippen LogP contribution in [-0.4, -0.2) is 23.0 Å². The second-order valence-electron chi connectivity index (χ2n) is 4.52. The summed E-state index contributed by atoms with van der Waals surface area (Å²) in [5.74, 6) is -4.60. The summed E-state index contributed by atoms with van der Waals surface area (Å²) < 4.78 is 26.7. The third kappa shape index (κ3) is 3.51. The molecule has 4 N–H and O–H groups in total. The molecule has 0 heterocycles. The highest BCUT2D eigenvalue weighted by Crippen LogP contribution is 2.20. The van der Waals surface area contributed by atoms with Crippen molar-refractivity contribution in [3.05, 3.63) is 29.3 Å². The molecule has 1 rings (SSSR count). The Balaban J connectivity index is 3.01. The summed E-state index contributed by atoms with van der Waals surface area (Å²) in [4.78, 5) is 22.5. The number of carbonyl (C=O) groups is 2. The summed E-state index contributed by atoms with van der Waals surface area (Å²) in [7, 11) is 0. The van der Waals surface area contributed by atoms with Gasteiger partial charge in [0.1, 0.15) is 11.6 Å². The van der Waals surface area contributed by atoms with Crippen molar-refractivity contribution in [1.29, 1.82) is 0 Å². The Hall–Kier alpha value is -2.02. The van der Waals surface area contributed by atoms with Crippen molar-refractivity contribution in [3.63, 3.8) is 0 Å². The number of carboxylic acid groups (broad SMARTS) is 1. The summed E-state index contributed by atoms with van der Waals surface area (Å²) in [5, 5.41) is 10.9. The number of hydrogen-bond acceptors (Lipinski definition) is 3. The Bertz CT molecular complexity index is 535. The lowest BCUT2D eigenvalue weighted by Crippen LogP contribution is -2.40. The van der Waals surface area contributed by atoms with Gasteiger partial charge in [-0.15, -0.1) is 0 Å². The highest BCUT2D eigenvalue weighted by molar-refractivity contribution is 5.96. The first-order valence-corrected chi connectivity index (χ1v) is 6.06. The number of rotatable bonds is 5. The summed E-state index contributed by atoms with van der Waals surface area (Å²) in [5.41, 5.74) is 4.54. The van der Waals surface area contributed by atoms with E-state index in [-0.39, 0.29) is 5.92 Å². The molecule has 2 unspecified atom stereocenters. The lowest BCUT2D eigenvalue weighted by atomic mass is 9.99. The van der Waals surface area contributed by atoms with E-state index in [9.17, 15) is 18.4 Å². The largest absolute Gasteiger partial charge is 0.478 e. The van der Waals surface area contributed by atoms with Crippen LogP contribution < -0.4 is 11.1 Å². The Labute approximate surface area is 114 Å². The maximum absolute atomic E-state index is 13.5. The van der Waals surface area contributed by atoms with Gasteiger partial charge in [-0.2, -0.15) is 0 Å². The van der Waals surface area contributed by atoms with Gasteiger partial charge in [-0.25, -0.2) is 13.6 Å². The molecule has 0 aromatic heterocycles. The van der Waals surface area contributed by atoms with Crippen LogP contribution in [-0.2, 0) is 4.79 Å². The van der Waals surface area contributed by atoms with E-state index in [1.807, 2.05) is 6.92 Å². The van der Waals surface area contributed by atoms with Gasteiger partial charge in [-0.05, 0) is 12.0 Å². The van der Waals surface area contributed by atoms with Crippen molar-refractivity contribution < 1.29 is 23.5 Å². The van der Waals surface area contributed by atoms with Crippen molar-refractivity contribution in [1.82, 2.24) is 0 Å². The van der Waals surface area contributed by atoms with E-state index < -0.39 is 40.8 Å². The summed E-state index contributed by atoms with van der Waals surface area (Å²) in [6.45, 7) is 3.60. The number of aromatic carboxylic acids is 1. The van der Waals surface area contributed by atoms with E-state index >= 15 is 0 Å². The molecule has 0 fully saturated rings. The molecule has 0 aliphatic heterocycles. The van der Waals surface area contributed by atoms with E-state index in [2.05, 4.69) is 5.32 Å². The minimum atomic E-state index is -1.55. The standard InChI is InChI=1S/C13H16F2N2O3/c1-3-6(2)11(16)12(18)17-10-4-7(13(19)20)8(14)5-9(10)15/h4-6,11H,3,16H2,1-2H3,(H,17,18)(H,19,20). The molecule has 0 radical (unpaired) electrons. The summed E-state index contributed by atoms with van der Waals surface area (Å²) in [6, 6.07) is 0.278. The van der Waals surface area contributed by atoms with Gasteiger partial charge in [0.25, 0.3) is 0 Å². The number of amides is 1. The molecule has 0 spiro atoms. The fraction of sp³-hybridized carbons (Fsp3) is 0.385. The van der Waals surface area contributed by atoms with Crippen LogP contribution in [0.25, 0.3) is 0 Å². The lowest BCUT2D eigenvalue weighted by molar-refractivity contribution is -0.118. The number of carbonyl (C=O) groups excluding carboxylic acids is 1. The number of anilines is 1. The molecule has 0 aliphatic rings. The normalized spacial score (nSPS) is 13.7. The van der Waals surface area contributed by atoms with Gasteiger partial charge in [0.15, 0.2) is 0 Å². The lowest BCUT2D eigenvalue weighted by Gasteiger charge is -2.18. The molecule has 1 aromatic rings. The molecule has 0 saturated heterocycles. The maximum atomic E-state index is 13.5. The average Bonchev–Trinajstić information content (AvgIpc) is 2.39. The number of nitrogens with two attached hydrogens (primary N) is 1. The molecular weight excluding hydrogens is 270 g/mol. The Kier molecular flexibility index (Phi) is 5.15. The highest BCUT2D eigenvalue weighted by atomic mass is 19.1. The zero-order valence-corrected chi connectivity index (χ0v) is 11.1. The topological polar surface area (TPSA) is 92.4 Å². The fourth-order valence-corrected chi connectivity index (χ4v) is 1.54.